The average Bonchev–Trinajstić information content (AvgIpc) is 2.87. The summed E-state index contributed by atoms with van der Waals surface area (Å²) in [5, 5.41) is 2.21. The van der Waals surface area contributed by atoms with Gasteiger partial charge in [0.15, 0.2) is 6.61 Å². The van der Waals surface area contributed by atoms with E-state index in [9.17, 15) is 9.59 Å². The Morgan fingerprint density at radius 3 is 2.40 bits per heavy atom. The molecule has 3 aromatic rings. The summed E-state index contributed by atoms with van der Waals surface area (Å²) in [5.74, 6) is -0.568. The smallest absolute Gasteiger partial charge is 0.310 e. The van der Waals surface area contributed by atoms with Crippen LogP contribution in [-0.2, 0) is 23.0 Å². The van der Waals surface area contributed by atoms with Crippen molar-refractivity contribution in [3.63, 3.8) is 0 Å². The zero-order chi connectivity index (χ0) is 18.0. The number of hydrogen-bond acceptors (Lipinski definition) is 3. The lowest BCUT2D eigenvalue weighted by atomic mass is 10.1. The number of aromatic nitrogens is 1. The van der Waals surface area contributed by atoms with Gasteiger partial charge in [0.1, 0.15) is 0 Å². The number of aryl methyl sites for hydroxylation is 1. The number of nitrogens with zero attached hydrogens (tertiary/aromatic N) is 1. The van der Waals surface area contributed by atoms with Crippen LogP contribution in [0, 0.1) is 13.8 Å². The molecule has 3 rings (SSSR count). The summed E-state index contributed by atoms with van der Waals surface area (Å²) in [7, 11) is 1.91. The van der Waals surface area contributed by atoms with E-state index in [0.29, 0.717) is 5.56 Å². The van der Waals surface area contributed by atoms with Gasteiger partial charge in [-0.1, -0.05) is 42.5 Å². The molecule has 4 heteroatoms. The number of ether oxygens (including phenoxy) is 1. The van der Waals surface area contributed by atoms with E-state index >= 15 is 0 Å². The Labute approximate surface area is 147 Å². The fourth-order valence-electron chi connectivity index (χ4n) is 2.93. The number of hydrogen-bond donors (Lipinski definition) is 0. The Bertz CT molecular complexity index is 953. The monoisotopic (exact) mass is 335 g/mol. The predicted molar refractivity (Wildman–Crippen MR) is 97.8 cm³/mol. The molecule has 0 saturated carbocycles. The van der Waals surface area contributed by atoms with Gasteiger partial charge in [-0.05, 0) is 36.2 Å². The molecule has 0 spiro atoms. The SMILES string of the molecule is Cc1cc(C(=O)COC(=O)Cc2ccc3ccccc3c2)c(C)n1C. The van der Waals surface area contributed by atoms with Gasteiger partial charge in [-0.25, -0.2) is 0 Å². The first kappa shape index (κ1) is 17.0. The standard InChI is InChI=1S/C21H21NO3/c1-14-10-19(15(2)22(14)3)20(23)13-25-21(24)12-16-8-9-17-6-4-5-7-18(17)11-16/h4-11H,12-13H2,1-3H3. The second kappa shape index (κ2) is 6.93. The molecule has 0 aliphatic carbocycles. The summed E-state index contributed by atoms with van der Waals surface area (Å²) in [6.45, 7) is 3.60. The molecule has 1 heterocycles. The molecule has 0 bridgehead atoms. The Balaban J connectivity index is 1.62. The van der Waals surface area contributed by atoms with Crippen molar-refractivity contribution in [1.82, 2.24) is 4.57 Å². The molecule has 0 amide bonds. The summed E-state index contributed by atoms with van der Waals surface area (Å²) in [6, 6.07) is 15.7. The maximum atomic E-state index is 12.3. The van der Waals surface area contributed by atoms with Gasteiger partial charge in [0.2, 0.25) is 5.78 Å². The molecule has 0 aliphatic heterocycles. The fourth-order valence-corrected chi connectivity index (χ4v) is 2.93. The molecule has 0 aliphatic rings. The number of Topliss-reactive ketones (excluding diaryl/α,β-unsaturated/α-hetero) is 1. The molecule has 0 fully saturated rings. The zero-order valence-corrected chi connectivity index (χ0v) is 14.7. The molecule has 0 N–H and O–H groups in total. The molecule has 4 nitrogen and oxygen atoms in total. The number of ketones is 1. The van der Waals surface area contributed by atoms with Gasteiger partial charge in [0.05, 0.1) is 6.42 Å². The average molecular weight is 335 g/mol. The van der Waals surface area contributed by atoms with Gasteiger partial charge in [-0.15, -0.1) is 0 Å². The van der Waals surface area contributed by atoms with E-state index in [1.54, 1.807) is 0 Å². The zero-order valence-electron chi connectivity index (χ0n) is 14.7. The van der Waals surface area contributed by atoms with Gasteiger partial charge in [-0.3, -0.25) is 9.59 Å². The largest absolute Gasteiger partial charge is 0.457 e. The molecule has 128 valence electrons. The number of rotatable bonds is 5. The normalized spacial score (nSPS) is 10.8. The lowest BCUT2D eigenvalue weighted by Crippen LogP contribution is -2.16. The molecular weight excluding hydrogens is 314 g/mol. The molecule has 0 unspecified atom stereocenters. The number of esters is 1. The maximum Gasteiger partial charge on any atom is 0.310 e. The van der Waals surface area contributed by atoms with Crippen LogP contribution in [0.5, 0.6) is 0 Å². The minimum Gasteiger partial charge on any atom is -0.457 e. The summed E-state index contributed by atoms with van der Waals surface area (Å²) in [6.07, 6.45) is 0.158. The third-order valence-electron chi connectivity index (χ3n) is 4.60. The lowest BCUT2D eigenvalue weighted by molar-refractivity contribution is -0.141. The van der Waals surface area contributed by atoms with Crippen LogP contribution in [-0.4, -0.2) is 22.9 Å². The number of benzene rings is 2. The topological polar surface area (TPSA) is 48.3 Å². The van der Waals surface area contributed by atoms with Crippen molar-refractivity contribution < 1.29 is 14.3 Å². The van der Waals surface area contributed by atoms with Gasteiger partial charge in [0.25, 0.3) is 0 Å². The Kier molecular flexibility index (Phi) is 4.70. The molecule has 25 heavy (non-hydrogen) atoms. The minimum absolute atomic E-state index is 0.158. The van der Waals surface area contributed by atoms with Crippen LogP contribution >= 0.6 is 0 Å². The molecular formula is C21H21NO3. The van der Waals surface area contributed by atoms with E-state index in [1.807, 2.05) is 74.0 Å². The summed E-state index contributed by atoms with van der Waals surface area (Å²) in [5.41, 5.74) is 3.37. The van der Waals surface area contributed by atoms with E-state index in [0.717, 1.165) is 27.7 Å². The molecule has 1 aromatic heterocycles. The summed E-state index contributed by atoms with van der Waals surface area (Å²) in [4.78, 5) is 24.3. The fraction of sp³-hybridized carbons (Fsp3) is 0.238. The van der Waals surface area contributed by atoms with Crippen molar-refractivity contribution in [2.45, 2.75) is 20.3 Å². The van der Waals surface area contributed by atoms with Crippen LogP contribution in [0.4, 0.5) is 0 Å². The van der Waals surface area contributed by atoms with Crippen LogP contribution < -0.4 is 0 Å². The highest BCUT2D eigenvalue weighted by Gasteiger charge is 2.16. The van der Waals surface area contributed by atoms with Crippen molar-refractivity contribution in [1.29, 1.82) is 0 Å². The second-order valence-electron chi connectivity index (χ2n) is 6.29. The van der Waals surface area contributed by atoms with Crippen molar-refractivity contribution in [3.8, 4) is 0 Å². The highest BCUT2D eigenvalue weighted by molar-refractivity contribution is 5.99. The minimum atomic E-state index is -0.395. The summed E-state index contributed by atoms with van der Waals surface area (Å²) >= 11 is 0. The summed E-state index contributed by atoms with van der Waals surface area (Å²) < 4.78 is 7.13. The van der Waals surface area contributed by atoms with E-state index in [-0.39, 0.29) is 18.8 Å². The van der Waals surface area contributed by atoms with Crippen LogP contribution in [0.3, 0.4) is 0 Å². The van der Waals surface area contributed by atoms with E-state index in [4.69, 9.17) is 4.74 Å². The first-order valence-corrected chi connectivity index (χ1v) is 8.25. The Morgan fingerprint density at radius 2 is 1.72 bits per heavy atom. The number of carbonyl (C=O) groups excluding carboxylic acids is 2. The van der Waals surface area contributed by atoms with Crippen molar-refractivity contribution in [2.75, 3.05) is 6.61 Å². The first-order valence-electron chi connectivity index (χ1n) is 8.25. The number of fused-ring (bicyclic) bond motifs is 1. The van der Waals surface area contributed by atoms with Crippen molar-refractivity contribution in [2.24, 2.45) is 7.05 Å². The second-order valence-corrected chi connectivity index (χ2v) is 6.29. The number of carbonyl (C=O) groups is 2. The molecule has 0 atom stereocenters. The maximum absolute atomic E-state index is 12.3. The van der Waals surface area contributed by atoms with Gasteiger partial charge in [0, 0.05) is 24.0 Å². The molecule has 2 aromatic carbocycles. The third-order valence-corrected chi connectivity index (χ3v) is 4.60. The van der Waals surface area contributed by atoms with Crippen LogP contribution in [0.2, 0.25) is 0 Å². The molecule has 0 radical (unpaired) electrons. The highest BCUT2D eigenvalue weighted by atomic mass is 16.5. The van der Waals surface area contributed by atoms with E-state index in [1.165, 1.54) is 0 Å². The highest BCUT2D eigenvalue weighted by Crippen LogP contribution is 2.17. The van der Waals surface area contributed by atoms with E-state index in [2.05, 4.69) is 0 Å². The van der Waals surface area contributed by atoms with Crippen LogP contribution in [0.15, 0.2) is 48.5 Å². The van der Waals surface area contributed by atoms with Crippen molar-refractivity contribution >= 4 is 22.5 Å². The van der Waals surface area contributed by atoms with Crippen LogP contribution in [0.1, 0.15) is 27.3 Å². The van der Waals surface area contributed by atoms with E-state index < -0.39 is 5.97 Å². The quantitative estimate of drug-likeness (QED) is 0.527. The first-order chi connectivity index (χ1) is 12.0. The Morgan fingerprint density at radius 1 is 1.00 bits per heavy atom. The lowest BCUT2D eigenvalue weighted by Gasteiger charge is -2.06. The van der Waals surface area contributed by atoms with Crippen LogP contribution in [0.25, 0.3) is 10.8 Å². The third kappa shape index (κ3) is 3.63. The van der Waals surface area contributed by atoms with Gasteiger partial charge >= 0.3 is 5.97 Å². The Hall–Kier alpha value is -2.88. The van der Waals surface area contributed by atoms with Gasteiger partial charge < -0.3 is 9.30 Å². The van der Waals surface area contributed by atoms with Crippen molar-refractivity contribution in [3.05, 3.63) is 71.0 Å². The molecule has 0 saturated heterocycles. The predicted octanol–water partition coefficient (Wildman–Crippen LogP) is 3.76. The van der Waals surface area contributed by atoms with Gasteiger partial charge in [-0.2, -0.15) is 0 Å².